The van der Waals surface area contributed by atoms with E-state index in [1.807, 2.05) is 61.5 Å². The molecule has 0 unspecified atom stereocenters. The Bertz CT molecular complexity index is 1230. The highest BCUT2D eigenvalue weighted by atomic mass is 32.2. The van der Waals surface area contributed by atoms with Crippen LogP contribution in [0.15, 0.2) is 69.6 Å². The molecule has 1 aromatic heterocycles. The van der Waals surface area contributed by atoms with E-state index >= 15 is 0 Å². The number of aromatic nitrogens is 2. The normalized spacial score (nSPS) is 19.1. The summed E-state index contributed by atoms with van der Waals surface area (Å²) in [7, 11) is 0. The van der Waals surface area contributed by atoms with Crippen LogP contribution in [-0.2, 0) is 11.3 Å². The maximum Gasteiger partial charge on any atom is 0.263 e. The van der Waals surface area contributed by atoms with Gasteiger partial charge in [-0.05, 0) is 43.0 Å². The van der Waals surface area contributed by atoms with E-state index in [0.717, 1.165) is 40.2 Å². The highest BCUT2D eigenvalue weighted by Crippen LogP contribution is 2.50. The van der Waals surface area contributed by atoms with Gasteiger partial charge < -0.3 is 5.32 Å². The summed E-state index contributed by atoms with van der Waals surface area (Å²) in [5.41, 5.74) is 3.86. The molecule has 0 radical (unpaired) electrons. The quantitative estimate of drug-likeness (QED) is 0.305. The molecule has 2 aromatic carbocycles. The lowest BCUT2D eigenvalue weighted by molar-refractivity contribution is -0.118. The molecule has 5 rings (SSSR count). The van der Waals surface area contributed by atoms with Gasteiger partial charge in [-0.25, -0.2) is 4.98 Å². The Morgan fingerprint density at radius 1 is 1.15 bits per heavy atom. The molecule has 0 saturated heterocycles. The van der Waals surface area contributed by atoms with Crippen LogP contribution < -0.4 is 10.9 Å². The van der Waals surface area contributed by atoms with Crippen LogP contribution in [-0.4, -0.2) is 26.5 Å². The molecule has 33 heavy (non-hydrogen) atoms. The summed E-state index contributed by atoms with van der Waals surface area (Å²) < 4.78 is 1.72. The zero-order chi connectivity index (χ0) is 22.8. The van der Waals surface area contributed by atoms with Crippen LogP contribution >= 0.6 is 23.5 Å². The van der Waals surface area contributed by atoms with Crippen molar-refractivity contribution in [2.45, 2.75) is 60.5 Å². The second-order valence-corrected chi connectivity index (χ2v) is 10.9. The highest BCUT2D eigenvalue weighted by molar-refractivity contribution is 8.00. The monoisotopic (exact) mass is 477 g/mol. The number of amides is 1. The van der Waals surface area contributed by atoms with Gasteiger partial charge in [0.15, 0.2) is 5.16 Å². The van der Waals surface area contributed by atoms with Crippen LogP contribution in [0, 0.1) is 6.92 Å². The molecule has 1 aliphatic heterocycles. The summed E-state index contributed by atoms with van der Waals surface area (Å²) >= 11 is 3.09. The largest absolute Gasteiger partial charge is 0.351 e. The van der Waals surface area contributed by atoms with Crippen molar-refractivity contribution in [2.75, 3.05) is 5.75 Å². The molecule has 7 heteroatoms. The standard InChI is InChI=1S/C26H27N3O2S2/c1-17-8-7-11-19(14-17)29-25(31)23-20-12-5-6-13-21(20)33-24(23)28-26(29)32-16-22(30)27-15-18-9-3-2-4-10-18/h2-4,7-11,14,20-21H,5-6,12-13,15-16H2,1H3,(H,27,30)/t20-,21+/m0/s1. The number of nitrogens with one attached hydrogen (secondary N) is 1. The minimum Gasteiger partial charge on any atom is -0.351 e. The molecule has 0 bridgehead atoms. The number of fused-ring (bicyclic) bond motifs is 3. The van der Waals surface area contributed by atoms with Crippen molar-refractivity contribution in [3.05, 3.63) is 81.6 Å². The van der Waals surface area contributed by atoms with Crippen LogP contribution in [0.5, 0.6) is 0 Å². The number of hydrogen-bond donors (Lipinski definition) is 1. The van der Waals surface area contributed by atoms with Gasteiger partial charge in [0.2, 0.25) is 5.91 Å². The van der Waals surface area contributed by atoms with Crippen LogP contribution in [0.4, 0.5) is 0 Å². The number of benzene rings is 2. The zero-order valence-electron chi connectivity index (χ0n) is 18.6. The fourth-order valence-electron chi connectivity index (χ4n) is 4.68. The van der Waals surface area contributed by atoms with Gasteiger partial charge >= 0.3 is 0 Å². The van der Waals surface area contributed by atoms with Crippen LogP contribution in [0.3, 0.4) is 0 Å². The first-order valence-electron chi connectivity index (χ1n) is 11.4. The van der Waals surface area contributed by atoms with E-state index in [1.165, 1.54) is 24.6 Å². The van der Waals surface area contributed by atoms with Crippen molar-refractivity contribution in [3.8, 4) is 5.69 Å². The number of aryl methyl sites for hydroxylation is 1. The molecule has 3 aromatic rings. The first-order valence-corrected chi connectivity index (χ1v) is 13.3. The average molecular weight is 478 g/mol. The summed E-state index contributed by atoms with van der Waals surface area (Å²) in [6.07, 6.45) is 4.59. The maximum atomic E-state index is 13.8. The predicted octanol–water partition coefficient (Wildman–Crippen LogP) is 5.08. The van der Waals surface area contributed by atoms with Crippen LogP contribution in [0.2, 0.25) is 0 Å². The van der Waals surface area contributed by atoms with Gasteiger partial charge in [-0.2, -0.15) is 0 Å². The SMILES string of the molecule is Cc1cccc(-n2c(SCC(=O)NCc3ccccc3)nc3c(c2=O)[C@H]2CCCC[C@H]2S3)c1. The Hall–Kier alpha value is -2.51. The van der Waals surface area contributed by atoms with Crippen molar-refractivity contribution in [2.24, 2.45) is 0 Å². The molecule has 2 aliphatic rings. The molecule has 0 spiro atoms. The van der Waals surface area contributed by atoms with Gasteiger partial charge in [-0.15, -0.1) is 11.8 Å². The number of carbonyl (C=O) groups excluding carboxylic acids is 1. The van der Waals surface area contributed by atoms with Gasteiger partial charge in [0.1, 0.15) is 5.03 Å². The number of carbonyl (C=O) groups is 1. The van der Waals surface area contributed by atoms with E-state index in [9.17, 15) is 9.59 Å². The third-order valence-electron chi connectivity index (χ3n) is 6.31. The van der Waals surface area contributed by atoms with Crippen LogP contribution in [0.25, 0.3) is 5.69 Å². The first-order chi connectivity index (χ1) is 16.1. The molecule has 1 aliphatic carbocycles. The van der Waals surface area contributed by atoms with Gasteiger partial charge in [0.05, 0.1) is 17.0 Å². The minimum atomic E-state index is -0.0734. The van der Waals surface area contributed by atoms with Crippen molar-refractivity contribution in [3.63, 3.8) is 0 Å². The molecular formula is C26H27N3O2S2. The Labute approximate surface area is 202 Å². The van der Waals surface area contributed by atoms with Crippen molar-refractivity contribution in [1.29, 1.82) is 0 Å². The first kappa shape index (κ1) is 22.3. The fourth-order valence-corrected chi connectivity index (χ4v) is 7.09. The molecule has 2 heterocycles. The summed E-state index contributed by atoms with van der Waals surface area (Å²) in [5, 5.41) is 4.87. The third kappa shape index (κ3) is 4.75. The predicted molar refractivity (Wildman–Crippen MR) is 134 cm³/mol. The lowest BCUT2D eigenvalue weighted by atomic mass is 9.85. The molecule has 1 saturated carbocycles. The number of thioether (sulfide) groups is 2. The minimum absolute atomic E-state index is 0.0275. The van der Waals surface area contributed by atoms with E-state index < -0.39 is 0 Å². The van der Waals surface area contributed by atoms with E-state index in [0.29, 0.717) is 22.9 Å². The van der Waals surface area contributed by atoms with E-state index in [2.05, 4.69) is 5.32 Å². The van der Waals surface area contributed by atoms with Gasteiger partial charge in [0, 0.05) is 17.7 Å². The Kier molecular flexibility index (Phi) is 6.60. The lowest BCUT2D eigenvalue weighted by Gasteiger charge is -2.24. The average Bonchev–Trinajstić information content (AvgIpc) is 3.21. The number of nitrogens with zero attached hydrogens (tertiary/aromatic N) is 2. The lowest BCUT2D eigenvalue weighted by Crippen LogP contribution is -2.29. The maximum absolute atomic E-state index is 13.8. The molecule has 1 fully saturated rings. The van der Waals surface area contributed by atoms with Crippen molar-refractivity contribution >= 4 is 29.4 Å². The Balaban J connectivity index is 1.43. The van der Waals surface area contributed by atoms with Crippen LogP contribution in [0.1, 0.15) is 48.3 Å². The van der Waals surface area contributed by atoms with E-state index in [1.54, 1.807) is 16.3 Å². The molecule has 170 valence electrons. The Morgan fingerprint density at radius 2 is 1.97 bits per heavy atom. The fraction of sp³-hybridized carbons (Fsp3) is 0.346. The topological polar surface area (TPSA) is 64.0 Å². The molecule has 5 nitrogen and oxygen atoms in total. The second-order valence-electron chi connectivity index (χ2n) is 8.69. The summed E-state index contributed by atoms with van der Waals surface area (Å²) in [6.45, 7) is 2.51. The molecular weight excluding hydrogens is 450 g/mol. The molecule has 1 N–H and O–H groups in total. The van der Waals surface area contributed by atoms with E-state index in [-0.39, 0.29) is 17.2 Å². The van der Waals surface area contributed by atoms with Crippen molar-refractivity contribution < 1.29 is 4.79 Å². The van der Waals surface area contributed by atoms with Gasteiger partial charge in [0.25, 0.3) is 5.56 Å². The molecule has 1 amide bonds. The Morgan fingerprint density at radius 3 is 2.79 bits per heavy atom. The summed E-state index contributed by atoms with van der Waals surface area (Å²) in [5.74, 6) is 0.431. The zero-order valence-corrected chi connectivity index (χ0v) is 20.3. The summed E-state index contributed by atoms with van der Waals surface area (Å²) in [4.78, 5) is 31.3. The highest BCUT2D eigenvalue weighted by Gasteiger charge is 2.39. The number of rotatable bonds is 6. The number of hydrogen-bond acceptors (Lipinski definition) is 5. The van der Waals surface area contributed by atoms with Gasteiger partial charge in [-0.3, -0.25) is 14.2 Å². The smallest absolute Gasteiger partial charge is 0.263 e. The summed E-state index contributed by atoms with van der Waals surface area (Å²) in [6, 6.07) is 17.8. The van der Waals surface area contributed by atoms with Crippen molar-refractivity contribution in [1.82, 2.24) is 14.9 Å². The second kappa shape index (κ2) is 9.77. The van der Waals surface area contributed by atoms with Gasteiger partial charge in [-0.1, -0.05) is 67.1 Å². The third-order valence-corrected chi connectivity index (χ3v) is 8.65. The van der Waals surface area contributed by atoms with E-state index in [4.69, 9.17) is 4.98 Å². The molecule has 2 atom stereocenters.